The van der Waals surface area contributed by atoms with Gasteiger partial charge in [0.25, 0.3) is 5.91 Å². The number of amides is 1. The monoisotopic (exact) mass is 245 g/mol. The molecule has 0 unspecified atom stereocenters. The van der Waals surface area contributed by atoms with Gasteiger partial charge in [0.05, 0.1) is 10.3 Å². The molecule has 0 aromatic carbocycles. The number of rotatable bonds is 3. The van der Waals surface area contributed by atoms with Crippen LogP contribution in [0, 0.1) is 0 Å². The van der Waals surface area contributed by atoms with Gasteiger partial charge in [0.15, 0.2) is 0 Å². The van der Waals surface area contributed by atoms with Crippen LogP contribution in [-0.2, 0) is 14.3 Å². The average Bonchev–Trinajstić information content (AvgIpc) is 2.54. The van der Waals surface area contributed by atoms with Gasteiger partial charge < -0.3 is 10.5 Å². The van der Waals surface area contributed by atoms with Crippen LogP contribution in [0.5, 0.6) is 0 Å². The van der Waals surface area contributed by atoms with Crippen LogP contribution in [0.15, 0.2) is 20.6 Å². The number of nitrogens with two attached hydrogens (primary N) is 1. The van der Waals surface area contributed by atoms with Crippen molar-refractivity contribution < 1.29 is 14.3 Å². The van der Waals surface area contributed by atoms with Crippen LogP contribution in [0.3, 0.4) is 0 Å². The Labute approximate surface area is 96.3 Å². The molecule has 0 aromatic rings. The van der Waals surface area contributed by atoms with Gasteiger partial charge in [-0.05, 0) is 24.7 Å². The second-order valence-corrected chi connectivity index (χ2v) is 5.08. The fourth-order valence-corrected chi connectivity index (χ4v) is 2.73. The van der Waals surface area contributed by atoms with Gasteiger partial charge >= 0.3 is 5.97 Å². The number of carbonyl (C=O) groups is 2. The van der Waals surface area contributed by atoms with Gasteiger partial charge in [-0.15, -0.1) is 0 Å². The molecule has 0 spiro atoms. The van der Waals surface area contributed by atoms with E-state index >= 15 is 0 Å². The molecule has 6 heteroatoms. The Hall–Kier alpha value is -0.880. The fourth-order valence-electron chi connectivity index (χ4n) is 0.882. The third-order valence-electron chi connectivity index (χ3n) is 1.40. The van der Waals surface area contributed by atoms with Crippen molar-refractivity contribution in [2.75, 3.05) is 0 Å². The number of ether oxygens (including phenoxy) is 1. The number of carbonyl (C=O) groups excluding carboxylic acids is 2. The molecule has 0 aliphatic carbocycles. The van der Waals surface area contributed by atoms with Gasteiger partial charge in [-0.2, -0.15) is 0 Å². The third-order valence-corrected chi connectivity index (χ3v) is 3.53. The molecule has 2 N–H and O–H groups in total. The van der Waals surface area contributed by atoms with Crippen molar-refractivity contribution in [3.05, 3.63) is 20.6 Å². The molecule has 0 saturated heterocycles. The van der Waals surface area contributed by atoms with E-state index in [1.165, 1.54) is 23.5 Å². The van der Waals surface area contributed by atoms with E-state index < -0.39 is 11.9 Å². The number of thioether (sulfide) groups is 2. The largest absolute Gasteiger partial charge is 0.459 e. The molecule has 0 aromatic heterocycles. The summed E-state index contributed by atoms with van der Waals surface area (Å²) in [6.45, 7) is 3.43. The van der Waals surface area contributed by atoms with E-state index in [0.717, 1.165) is 0 Å². The summed E-state index contributed by atoms with van der Waals surface area (Å²) in [5.41, 5.74) is 5.08. The first-order chi connectivity index (χ1) is 7.02. The molecule has 82 valence electrons. The molecule has 0 atom stereocenters. The SMILES string of the molecule is CC(C)OC(=O)C(C(N)=O)=C1SC=CS1. The summed E-state index contributed by atoms with van der Waals surface area (Å²) < 4.78 is 5.51. The minimum absolute atomic E-state index is 0.0660. The van der Waals surface area contributed by atoms with Crippen LogP contribution in [0.25, 0.3) is 0 Å². The second kappa shape index (κ2) is 5.27. The summed E-state index contributed by atoms with van der Waals surface area (Å²) in [6, 6.07) is 0. The molecule has 15 heavy (non-hydrogen) atoms. The molecular weight excluding hydrogens is 234 g/mol. The molecule has 0 radical (unpaired) electrons. The van der Waals surface area contributed by atoms with E-state index in [9.17, 15) is 9.59 Å². The normalized spacial score (nSPS) is 14.5. The van der Waals surface area contributed by atoms with E-state index in [-0.39, 0.29) is 11.7 Å². The molecule has 1 amide bonds. The zero-order valence-corrected chi connectivity index (χ0v) is 9.98. The predicted octanol–water partition coefficient (Wildman–Crippen LogP) is 1.59. The van der Waals surface area contributed by atoms with Gasteiger partial charge in [0.1, 0.15) is 5.57 Å². The van der Waals surface area contributed by atoms with Crippen LogP contribution in [0.2, 0.25) is 0 Å². The smallest absolute Gasteiger partial charge is 0.345 e. The molecule has 1 aliphatic heterocycles. The third kappa shape index (κ3) is 3.32. The zero-order valence-electron chi connectivity index (χ0n) is 8.35. The van der Waals surface area contributed by atoms with Crippen LogP contribution < -0.4 is 5.73 Å². The Morgan fingerprint density at radius 1 is 1.33 bits per heavy atom. The first-order valence-corrected chi connectivity index (χ1v) is 6.01. The van der Waals surface area contributed by atoms with Crippen molar-refractivity contribution in [1.29, 1.82) is 0 Å². The first kappa shape index (κ1) is 12.2. The minimum Gasteiger partial charge on any atom is -0.459 e. The number of hydrogen-bond donors (Lipinski definition) is 1. The van der Waals surface area contributed by atoms with Crippen molar-refractivity contribution in [1.82, 2.24) is 0 Å². The first-order valence-electron chi connectivity index (χ1n) is 4.25. The highest BCUT2D eigenvalue weighted by atomic mass is 32.2. The molecule has 0 saturated carbocycles. The van der Waals surface area contributed by atoms with Crippen molar-refractivity contribution in [3.63, 3.8) is 0 Å². The Balaban J connectivity index is 2.88. The van der Waals surface area contributed by atoms with Crippen molar-refractivity contribution in [3.8, 4) is 0 Å². The highest BCUT2D eigenvalue weighted by Gasteiger charge is 2.24. The maximum absolute atomic E-state index is 11.5. The van der Waals surface area contributed by atoms with Gasteiger partial charge in [0, 0.05) is 0 Å². The van der Waals surface area contributed by atoms with Crippen molar-refractivity contribution in [2.24, 2.45) is 5.73 Å². The highest BCUT2D eigenvalue weighted by molar-refractivity contribution is 8.27. The molecule has 1 heterocycles. The molecule has 1 aliphatic rings. The van der Waals surface area contributed by atoms with Crippen molar-refractivity contribution >= 4 is 35.4 Å². The lowest BCUT2D eigenvalue weighted by atomic mass is 10.3. The van der Waals surface area contributed by atoms with E-state index in [4.69, 9.17) is 10.5 Å². The van der Waals surface area contributed by atoms with Gasteiger partial charge in [-0.1, -0.05) is 23.5 Å². The minimum atomic E-state index is -0.751. The summed E-state index contributed by atoms with van der Waals surface area (Å²) in [5, 5.41) is 3.57. The van der Waals surface area contributed by atoms with Crippen LogP contribution >= 0.6 is 23.5 Å². The average molecular weight is 245 g/mol. The lowest BCUT2D eigenvalue weighted by Crippen LogP contribution is -2.25. The summed E-state index contributed by atoms with van der Waals surface area (Å²) in [7, 11) is 0. The fraction of sp³-hybridized carbons (Fsp3) is 0.333. The Bertz CT molecular complexity index is 337. The van der Waals surface area contributed by atoms with Gasteiger partial charge in [0.2, 0.25) is 0 Å². The van der Waals surface area contributed by atoms with Gasteiger partial charge in [-0.3, -0.25) is 4.79 Å². The van der Waals surface area contributed by atoms with Crippen LogP contribution in [0.1, 0.15) is 13.8 Å². The summed E-state index contributed by atoms with van der Waals surface area (Å²) in [4.78, 5) is 22.7. The molecule has 1 rings (SSSR count). The Kier molecular flexibility index (Phi) is 4.28. The number of esters is 1. The standard InChI is InChI=1S/C9H11NO3S2/c1-5(2)13-8(12)6(7(10)11)9-14-3-4-15-9/h3-5H,1-2H3,(H2,10,11). The van der Waals surface area contributed by atoms with Gasteiger partial charge in [-0.25, -0.2) is 4.79 Å². The molecular formula is C9H11NO3S2. The van der Waals surface area contributed by atoms with E-state index in [1.54, 1.807) is 24.7 Å². The van der Waals surface area contributed by atoms with E-state index in [1.807, 2.05) is 0 Å². The summed E-state index contributed by atoms with van der Waals surface area (Å²) >= 11 is 2.59. The Morgan fingerprint density at radius 3 is 2.27 bits per heavy atom. The quantitative estimate of drug-likeness (QED) is 0.354. The summed E-state index contributed by atoms with van der Waals surface area (Å²) in [6.07, 6.45) is -0.267. The topological polar surface area (TPSA) is 69.4 Å². The van der Waals surface area contributed by atoms with Crippen molar-refractivity contribution in [2.45, 2.75) is 20.0 Å². The predicted molar refractivity (Wildman–Crippen MR) is 61.8 cm³/mol. The van der Waals surface area contributed by atoms with E-state index in [0.29, 0.717) is 4.24 Å². The van der Waals surface area contributed by atoms with Crippen LogP contribution in [0.4, 0.5) is 0 Å². The maximum Gasteiger partial charge on any atom is 0.345 e. The molecule has 4 nitrogen and oxygen atoms in total. The lowest BCUT2D eigenvalue weighted by molar-refractivity contribution is -0.143. The molecule has 0 fully saturated rings. The lowest BCUT2D eigenvalue weighted by Gasteiger charge is -2.09. The highest BCUT2D eigenvalue weighted by Crippen LogP contribution is 2.40. The van der Waals surface area contributed by atoms with E-state index in [2.05, 4.69) is 0 Å². The number of hydrogen-bond acceptors (Lipinski definition) is 5. The number of primary amides is 1. The Morgan fingerprint density at radius 2 is 1.87 bits per heavy atom. The zero-order chi connectivity index (χ0) is 11.4. The van der Waals surface area contributed by atoms with Crippen LogP contribution in [-0.4, -0.2) is 18.0 Å². The molecule has 0 bridgehead atoms. The second-order valence-electron chi connectivity index (χ2n) is 2.99. The maximum atomic E-state index is 11.5. The summed E-state index contributed by atoms with van der Waals surface area (Å²) in [5.74, 6) is -1.41.